The molecule has 0 atom stereocenters. The van der Waals surface area contributed by atoms with Gasteiger partial charge >= 0.3 is 0 Å². The van der Waals surface area contributed by atoms with Gasteiger partial charge in [-0.15, -0.1) is 10.2 Å². The van der Waals surface area contributed by atoms with Gasteiger partial charge in [-0.05, 0) is 24.6 Å². The average Bonchev–Trinajstić information content (AvgIpc) is 2.49. The largest absolute Gasteiger partial charge is 0.138 e. The molecule has 0 aliphatic rings. The van der Waals surface area contributed by atoms with Gasteiger partial charge in [-0.25, -0.2) is 0 Å². The van der Waals surface area contributed by atoms with Gasteiger partial charge in [0.2, 0.25) is 0 Å². The Hall–Kier alpha value is -2.55. The molecule has 0 aliphatic heterocycles. The van der Waals surface area contributed by atoms with Crippen LogP contribution in [0.1, 0.15) is 11.1 Å². The van der Waals surface area contributed by atoms with Crippen molar-refractivity contribution in [3.63, 3.8) is 0 Å². The third-order valence-electron chi connectivity index (χ3n) is 3.33. The minimum Gasteiger partial charge on any atom is -0.138 e. The first-order valence-corrected chi connectivity index (χ1v) is 6.56. The number of hydrogen-bond acceptors (Lipinski definition) is 3. The summed E-state index contributed by atoms with van der Waals surface area (Å²) in [5, 5.41) is 11.9. The molecule has 0 unspecified atom stereocenters. The van der Waals surface area contributed by atoms with E-state index in [2.05, 4.69) is 77.8 Å². The number of aromatic nitrogens is 3. The molecule has 0 saturated heterocycles. The minimum atomic E-state index is 0.865. The molecular formula is C17H15N3. The zero-order valence-electron chi connectivity index (χ0n) is 11.5. The molecule has 98 valence electrons. The van der Waals surface area contributed by atoms with Crippen LogP contribution in [-0.4, -0.2) is 15.4 Å². The summed E-state index contributed by atoms with van der Waals surface area (Å²) >= 11 is 0. The molecule has 3 rings (SSSR count). The Morgan fingerprint density at radius 2 is 1.25 bits per heavy atom. The lowest BCUT2D eigenvalue weighted by molar-refractivity contribution is 0.873. The van der Waals surface area contributed by atoms with Crippen LogP contribution in [0.4, 0.5) is 0 Å². The number of aryl methyl sites for hydroxylation is 2. The Labute approximate surface area is 118 Å². The molecule has 1 aromatic heterocycles. The SMILES string of the molecule is Cc1ccc(-c2cnnnc2-c2ccc(C)cc2)cc1. The van der Waals surface area contributed by atoms with Gasteiger partial charge < -0.3 is 0 Å². The monoisotopic (exact) mass is 261 g/mol. The fraction of sp³-hybridized carbons (Fsp3) is 0.118. The number of rotatable bonds is 2. The highest BCUT2D eigenvalue weighted by Crippen LogP contribution is 2.29. The Morgan fingerprint density at radius 3 is 1.85 bits per heavy atom. The Balaban J connectivity index is 2.13. The van der Waals surface area contributed by atoms with Crippen LogP contribution in [0.25, 0.3) is 22.4 Å². The van der Waals surface area contributed by atoms with E-state index in [0.29, 0.717) is 0 Å². The summed E-state index contributed by atoms with van der Waals surface area (Å²) in [4.78, 5) is 0. The lowest BCUT2D eigenvalue weighted by Gasteiger charge is -2.07. The van der Waals surface area contributed by atoms with Gasteiger partial charge in [0.05, 0.1) is 6.20 Å². The molecule has 20 heavy (non-hydrogen) atoms. The smallest absolute Gasteiger partial charge is 0.104 e. The summed E-state index contributed by atoms with van der Waals surface area (Å²) in [6.45, 7) is 4.15. The van der Waals surface area contributed by atoms with E-state index in [1.54, 1.807) is 6.20 Å². The summed E-state index contributed by atoms with van der Waals surface area (Å²) in [5.74, 6) is 0. The molecule has 3 nitrogen and oxygen atoms in total. The van der Waals surface area contributed by atoms with Gasteiger partial charge in [-0.1, -0.05) is 59.7 Å². The second-order valence-electron chi connectivity index (χ2n) is 4.93. The number of nitrogens with zero attached hydrogens (tertiary/aromatic N) is 3. The summed E-state index contributed by atoms with van der Waals surface area (Å²) in [7, 11) is 0. The molecule has 0 bridgehead atoms. The van der Waals surface area contributed by atoms with Gasteiger partial charge in [-0.3, -0.25) is 0 Å². The van der Waals surface area contributed by atoms with Crippen LogP contribution in [0.3, 0.4) is 0 Å². The number of hydrogen-bond donors (Lipinski definition) is 0. The summed E-state index contributed by atoms with van der Waals surface area (Å²) in [5.41, 5.74) is 6.50. The highest BCUT2D eigenvalue weighted by molar-refractivity contribution is 5.79. The second kappa shape index (κ2) is 5.21. The van der Waals surface area contributed by atoms with Gasteiger partial charge in [0.25, 0.3) is 0 Å². The Morgan fingerprint density at radius 1 is 0.700 bits per heavy atom. The molecule has 0 saturated carbocycles. The van der Waals surface area contributed by atoms with E-state index in [9.17, 15) is 0 Å². The molecule has 0 radical (unpaired) electrons. The molecule has 3 heteroatoms. The first-order chi connectivity index (χ1) is 9.74. The predicted octanol–water partition coefficient (Wildman–Crippen LogP) is 3.82. The van der Waals surface area contributed by atoms with Crippen molar-refractivity contribution in [3.8, 4) is 22.4 Å². The van der Waals surface area contributed by atoms with E-state index in [0.717, 1.165) is 22.4 Å². The van der Waals surface area contributed by atoms with Crippen molar-refractivity contribution in [2.75, 3.05) is 0 Å². The van der Waals surface area contributed by atoms with Gasteiger partial charge in [0.1, 0.15) is 5.69 Å². The third-order valence-corrected chi connectivity index (χ3v) is 3.33. The molecule has 2 aromatic carbocycles. The van der Waals surface area contributed by atoms with Crippen LogP contribution in [-0.2, 0) is 0 Å². The zero-order chi connectivity index (χ0) is 13.9. The minimum absolute atomic E-state index is 0.865. The highest BCUT2D eigenvalue weighted by atomic mass is 15.3. The van der Waals surface area contributed by atoms with E-state index < -0.39 is 0 Å². The van der Waals surface area contributed by atoms with Crippen LogP contribution in [0, 0.1) is 13.8 Å². The van der Waals surface area contributed by atoms with Crippen molar-refractivity contribution in [1.29, 1.82) is 0 Å². The molecule has 0 fully saturated rings. The van der Waals surface area contributed by atoms with E-state index in [1.165, 1.54) is 11.1 Å². The van der Waals surface area contributed by atoms with Crippen LogP contribution < -0.4 is 0 Å². The molecular weight excluding hydrogens is 246 g/mol. The topological polar surface area (TPSA) is 38.7 Å². The van der Waals surface area contributed by atoms with Crippen molar-refractivity contribution in [1.82, 2.24) is 15.4 Å². The fourth-order valence-corrected chi connectivity index (χ4v) is 2.14. The lowest BCUT2D eigenvalue weighted by Crippen LogP contribution is -1.94. The van der Waals surface area contributed by atoms with Gasteiger partial charge in [-0.2, -0.15) is 0 Å². The Bertz CT molecular complexity index is 651. The van der Waals surface area contributed by atoms with Crippen LogP contribution in [0.15, 0.2) is 54.7 Å². The maximum absolute atomic E-state index is 4.22. The van der Waals surface area contributed by atoms with Crippen molar-refractivity contribution >= 4 is 0 Å². The standard InChI is InChI=1S/C17H15N3/c1-12-3-7-14(8-4-12)16-11-18-20-19-17(16)15-9-5-13(2)6-10-15/h3-11H,1-2H3. The molecule has 0 N–H and O–H groups in total. The normalized spacial score (nSPS) is 10.5. The lowest BCUT2D eigenvalue weighted by atomic mass is 10.00. The molecule has 1 heterocycles. The molecule has 0 amide bonds. The van der Waals surface area contributed by atoms with Crippen molar-refractivity contribution < 1.29 is 0 Å². The second-order valence-corrected chi connectivity index (χ2v) is 4.93. The van der Waals surface area contributed by atoms with E-state index in [1.807, 2.05) is 0 Å². The van der Waals surface area contributed by atoms with Crippen LogP contribution >= 0.6 is 0 Å². The van der Waals surface area contributed by atoms with Crippen LogP contribution in [0.5, 0.6) is 0 Å². The Kier molecular flexibility index (Phi) is 3.25. The van der Waals surface area contributed by atoms with E-state index in [4.69, 9.17) is 0 Å². The molecule has 0 spiro atoms. The first kappa shape index (κ1) is 12.5. The van der Waals surface area contributed by atoms with Crippen LogP contribution in [0.2, 0.25) is 0 Å². The van der Waals surface area contributed by atoms with E-state index in [-0.39, 0.29) is 0 Å². The van der Waals surface area contributed by atoms with Gasteiger partial charge in [0, 0.05) is 11.1 Å². The van der Waals surface area contributed by atoms with Crippen molar-refractivity contribution in [3.05, 3.63) is 65.9 Å². The average molecular weight is 261 g/mol. The molecule has 3 aromatic rings. The zero-order valence-corrected chi connectivity index (χ0v) is 11.5. The van der Waals surface area contributed by atoms with Crippen molar-refractivity contribution in [2.45, 2.75) is 13.8 Å². The predicted molar refractivity (Wildman–Crippen MR) is 80.2 cm³/mol. The quantitative estimate of drug-likeness (QED) is 0.704. The fourth-order valence-electron chi connectivity index (χ4n) is 2.14. The maximum atomic E-state index is 4.22. The summed E-state index contributed by atoms with van der Waals surface area (Å²) < 4.78 is 0. The molecule has 0 aliphatic carbocycles. The highest BCUT2D eigenvalue weighted by Gasteiger charge is 2.09. The maximum Gasteiger partial charge on any atom is 0.104 e. The summed E-state index contributed by atoms with van der Waals surface area (Å²) in [6, 6.07) is 16.7. The van der Waals surface area contributed by atoms with Crippen molar-refractivity contribution in [2.24, 2.45) is 0 Å². The van der Waals surface area contributed by atoms with E-state index >= 15 is 0 Å². The number of benzene rings is 2. The van der Waals surface area contributed by atoms with Gasteiger partial charge in [0.15, 0.2) is 0 Å². The summed E-state index contributed by atoms with van der Waals surface area (Å²) in [6.07, 6.45) is 1.77. The first-order valence-electron chi connectivity index (χ1n) is 6.56. The third kappa shape index (κ3) is 2.43.